The summed E-state index contributed by atoms with van der Waals surface area (Å²) in [5.41, 5.74) is 1.12. The van der Waals surface area contributed by atoms with Gasteiger partial charge in [-0.25, -0.2) is 0 Å². The predicted molar refractivity (Wildman–Crippen MR) is 55.3 cm³/mol. The van der Waals surface area contributed by atoms with Crippen molar-refractivity contribution in [3.63, 3.8) is 0 Å². The number of rotatable bonds is 2. The Morgan fingerprint density at radius 1 is 1.46 bits per heavy atom. The first-order valence-electron chi connectivity index (χ1n) is 4.04. The number of phenols is 1. The number of aldehydes is 1. The molecule has 1 N–H and O–H groups in total. The van der Waals surface area contributed by atoms with E-state index in [1.807, 2.05) is 19.9 Å². The average molecular weight is 243 g/mol. The summed E-state index contributed by atoms with van der Waals surface area (Å²) in [5.74, 6) is 0.296. The molecule has 0 spiro atoms. The monoisotopic (exact) mass is 242 g/mol. The first kappa shape index (κ1) is 10.3. The molecule has 1 aromatic carbocycles. The van der Waals surface area contributed by atoms with Gasteiger partial charge in [-0.3, -0.25) is 4.79 Å². The van der Waals surface area contributed by atoms with Crippen LogP contribution in [0, 0.1) is 0 Å². The largest absolute Gasteiger partial charge is 0.507 e. The molecule has 2 nitrogen and oxygen atoms in total. The van der Waals surface area contributed by atoms with Crippen molar-refractivity contribution >= 4 is 22.2 Å². The van der Waals surface area contributed by atoms with E-state index in [9.17, 15) is 9.90 Å². The molecular weight excluding hydrogens is 232 g/mol. The number of benzene rings is 1. The number of hydrogen-bond donors (Lipinski definition) is 1. The minimum absolute atomic E-state index is 0.0909. The maximum atomic E-state index is 10.6. The van der Waals surface area contributed by atoms with E-state index in [0.717, 1.165) is 10.0 Å². The molecular formula is C10H11BrO2. The van der Waals surface area contributed by atoms with Crippen molar-refractivity contribution in [2.45, 2.75) is 19.8 Å². The Morgan fingerprint density at radius 3 is 2.54 bits per heavy atom. The quantitative estimate of drug-likeness (QED) is 0.810. The van der Waals surface area contributed by atoms with Crippen molar-refractivity contribution in [3.8, 4) is 5.75 Å². The van der Waals surface area contributed by atoms with Gasteiger partial charge in [0, 0.05) is 4.47 Å². The second kappa shape index (κ2) is 3.92. The van der Waals surface area contributed by atoms with E-state index in [0.29, 0.717) is 11.8 Å². The van der Waals surface area contributed by atoms with Gasteiger partial charge in [-0.15, -0.1) is 0 Å². The lowest BCUT2D eigenvalue weighted by Gasteiger charge is -2.10. The van der Waals surface area contributed by atoms with Gasteiger partial charge in [0.2, 0.25) is 0 Å². The lowest BCUT2D eigenvalue weighted by Crippen LogP contribution is -1.92. The molecule has 0 saturated heterocycles. The van der Waals surface area contributed by atoms with E-state index in [4.69, 9.17) is 0 Å². The number of aromatic hydroxyl groups is 1. The van der Waals surface area contributed by atoms with E-state index in [1.165, 1.54) is 0 Å². The standard InChI is InChI=1S/C10H11BrO2/c1-6(2)9-4-8(11)3-7(5-12)10(9)13/h3-6,13H,1-2H3. The third-order valence-electron chi connectivity index (χ3n) is 1.88. The number of carbonyl (C=O) groups excluding carboxylic acids is 1. The third kappa shape index (κ3) is 2.10. The van der Waals surface area contributed by atoms with Crippen LogP contribution in [0.5, 0.6) is 5.75 Å². The topological polar surface area (TPSA) is 37.3 Å². The number of halogens is 1. The molecule has 1 aromatic rings. The van der Waals surface area contributed by atoms with Gasteiger partial charge >= 0.3 is 0 Å². The Bertz CT molecular complexity index is 332. The van der Waals surface area contributed by atoms with Gasteiger partial charge in [-0.05, 0) is 23.6 Å². The van der Waals surface area contributed by atoms with Crippen molar-refractivity contribution < 1.29 is 9.90 Å². The molecule has 0 radical (unpaired) electrons. The smallest absolute Gasteiger partial charge is 0.153 e. The zero-order chi connectivity index (χ0) is 10.0. The minimum atomic E-state index is 0.0909. The predicted octanol–water partition coefficient (Wildman–Crippen LogP) is 3.09. The van der Waals surface area contributed by atoms with Gasteiger partial charge in [0.15, 0.2) is 6.29 Å². The Kier molecular flexibility index (Phi) is 3.09. The van der Waals surface area contributed by atoms with Crippen molar-refractivity contribution in [3.05, 3.63) is 27.7 Å². The van der Waals surface area contributed by atoms with Crippen molar-refractivity contribution in [1.82, 2.24) is 0 Å². The van der Waals surface area contributed by atoms with Crippen molar-refractivity contribution in [1.29, 1.82) is 0 Å². The van der Waals surface area contributed by atoms with Crippen molar-refractivity contribution in [2.24, 2.45) is 0 Å². The molecule has 13 heavy (non-hydrogen) atoms. The molecule has 0 unspecified atom stereocenters. The van der Waals surface area contributed by atoms with Crippen LogP contribution in [0.2, 0.25) is 0 Å². The summed E-state index contributed by atoms with van der Waals surface area (Å²) in [5, 5.41) is 9.63. The van der Waals surface area contributed by atoms with Crippen LogP contribution in [-0.2, 0) is 0 Å². The fraction of sp³-hybridized carbons (Fsp3) is 0.300. The first-order valence-corrected chi connectivity index (χ1v) is 4.83. The lowest BCUT2D eigenvalue weighted by atomic mass is 10.00. The van der Waals surface area contributed by atoms with Crippen LogP contribution in [-0.4, -0.2) is 11.4 Å². The normalized spacial score (nSPS) is 10.5. The molecule has 0 bridgehead atoms. The SMILES string of the molecule is CC(C)c1cc(Br)cc(C=O)c1O. The molecule has 0 aliphatic rings. The van der Waals surface area contributed by atoms with E-state index in [1.54, 1.807) is 6.07 Å². The van der Waals surface area contributed by atoms with Crippen LogP contribution in [0.15, 0.2) is 16.6 Å². The lowest BCUT2D eigenvalue weighted by molar-refractivity contribution is 0.112. The molecule has 0 fully saturated rings. The zero-order valence-electron chi connectivity index (χ0n) is 7.54. The average Bonchev–Trinajstić information content (AvgIpc) is 2.08. The van der Waals surface area contributed by atoms with Crippen LogP contribution < -0.4 is 0 Å². The van der Waals surface area contributed by atoms with Gasteiger partial charge in [0.25, 0.3) is 0 Å². The molecule has 0 amide bonds. The zero-order valence-corrected chi connectivity index (χ0v) is 9.13. The summed E-state index contributed by atoms with van der Waals surface area (Å²) in [6, 6.07) is 3.43. The summed E-state index contributed by atoms with van der Waals surface area (Å²) in [4.78, 5) is 10.6. The Morgan fingerprint density at radius 2 is 2.08 bits per heavy atom. The maximum Gasteiger partial charge on any atom is 0.153 e. The van der Waals surface area contributed by atoms with Crippen LogP contribution in [0.25, 0.3) is 0 Å². The summed E-state index contributed by atoms with van der Waals surface area (Å²) in [7, 11) is 0. The highest BCUT2D eigenvalue weighted by atomic mass is 79.9. The molecule has 0 saturated carbocycles. The molecule has 0 aliphatic heterocycles. The van der Waals surface area contributed by atoms with Crippen LogP contribution in [0.1, 0.15) is 35.7 Å². The molecule has 70 valence electrons. The molecule has 0 aliphatic carbocycles. The van der Waals surface area contributed by atoms with E-state index < -0.39 is 0 Å². The Labute approximate surface area is 85.7 Å². The first-order chi connectivity index (χ1) is 6.06. The van der Waals surface area contributed by atoms with E-state index in [2.05, 4.69) is 15.9 Å². The minimum Gasteiger partial charge on any atom is -0.507 e. The highest BCUT2D eigenvalue weighted by molar-refractivity contribution is 9.10. The van der Waals surface area contributed by atoms with E-state index >= 15 is 0 Å². The summed E-state index contributed by atoms with van der Waals surface area (Å²) >= 11 is 3.29. The molecule has 3 heteroatoms. The molecule has 1 rings (SSSR count). The Balaban J connectivity index is 3.35. The van der Waals surface area contributed by atoms with E-state index in [-0.39, 0.29) is 11.7 Å². The number of phenolic OH excluding ortho intramolecular Hbond substituents is 1. The second-order valence-corrected chi connectivity index (χ2v) is 4.12. The van der Waals surface area contributed by atoms with Gasteiger partial charge in [-0.1, -0.05) is 29.8 Å². The second-order valence-electron chi connectivity index (χ2n) is 3.21. The van der Waals surface area contributed by atoms with Gasteiger partial charge in [0.05, 0.1) is 5.56 Å². The van der Waals surface area contributed by atoms with Crippen LogP contribution >= 0.6 is 15.9 Å². The van der Waals surface area contributed by atoms with Gasteiger partial charge in [-0.2, -0.15) is 0 Å². The summed E-state index contributed by atoms with van der Waals surface area (Å²) in [6.07, 6.45) is 0.659. The van der Waals surface area contributed by atoms with Crippen LogP contribution in [0.3, 0.4) is 0 Å². The third-order valence-corrected chi connectivity index (χ3v) is 2.34. The van der Waals surface area contributed by atoms with Gasteiger partial charge < -0.3 is 5.11 Å². The summed E-state index contributed by atoms with van der Waals surface area (Å²) < 4.78 is 0.816. The van der Waals surface area contributed by atoms with Crippen LogP contribution in [0.4, 0.5) is 0 Å². The Hall–Kier alpha value is -0.830. The number of carbonyl (C=O) groups is 1. The maximum absolute atomic E-state index is 10.6. The molecule has 0 atom stereocenters. The molecule has 0 heterocycles. The fourth-order valence-electron chi connectivity index (χ4n) is 1.17. The number of hydrogen-bond acceptors (Lipinski definition) is 2. The highest BCUT2D eigenvalue weighted by Gasteiger charge is 2.11. The summed E-state index contributed by atoms with van der Waals surface area (Å²) in [6.45, 7) is 3.94. The highest BCUT2D eigenvalue weighted by Crippen LogP contribution is 2.31. The van der Waals surface area contributed by atoms with Gasteiger partial charge in [0.1, 0.15) is 5.75 Å². The molecule has 0 aromatic heterocycles. The van der Waals surface area contributed by atoms with Crippen molar-refractivity contribution in [2.75, 3.05) is 0 Å². The fourth-order valence-corrected chi connectivity index (χ4v) is 1.67.